The predicted molar refractivity (Wildman–Crippen MR) is 69.8 cm³/mol. The Bertz CT molecular complexity index is 564. The van der Waals surface area contributed by atoms with Gasteiger partial charge < -0.3 is 14.0 Å². The van der Waals surface area contributed by atoms with Crippen LogP contribution in [0.25, 0.3) is 11.6 Å². The fourth-order valence-electron chi connectivity index (χ4n) is 1.87. The number of hydrogen-bond donors (Lipinski definition) is 2. The number of rotatable bonds is 7. The molecule has 2 rings (SSSR count). The van der Waals surface area contributed by atoms with Crippen molar-refractivity contribution >= 4 is 5.97 Å². The van der Waals surface area contributed by atoms with Crippen LogP contribution in [0, 0.1) is 0 Å². The highest BCUT2D eigenvalue weighted by atomic mass is 16.5. The zero-order chi connectivity index (χ0) is 14.6. The van der Waals surface area contributed by atoms with Crippen molar-refractivity contribution < 1.29 is 18.8 Å². The maximum absolute atomic E-state index is 11.3. The molecule has 108 valence electrons. The minimum absolute atomic E-state index is 0.191. The van der Waals surface area contributed by atoms with E-state index < -0.39 is 11.5 Å². The van der Waals surface area contributed by atoms with E-state index in [1.807, 2.05) is 6.92 Å². The molecule has 0 radical (unpaired) electrons. The molecule has 0 aliphatic heterocycles. The molecule has 0 aliphatic carbocycles. The summed E-state index contributed by atoms with van der Waals surface area (Å²) in [5.41, 5.74) is -1.01. The van der Waals surface area contributed by atoms with E-state index in [9.17, 15) is 9.90 Å². The summed E-state index contributed by atoms with van der Waals surface area (Å²) in [7, 11) is 0. The van der Waals surface area contributed by atoms with Crippen molar-refractivity contribution in [3.05, 3.63) is 24.3 Å². The maximum Gasteiger partial charge on any atom is 0.323 e. The molecular formula is C13H17N3O4. The number of carbonyl (C=O) groups is 1. The number of aliphatic carboxylic acids is 1. The number of hydrogen-bond acceptors (Lipinski definition) is 6. The second-order valence-electron chi connectivity index (χ2n) is 4.73. The van der Waals surface area contributed by atoms with E-state index in [0.717, 1.165) is 6.42 Å². The highest BCUT2D eigenvalue weighted by Crippen LogP contribution is 2.17. The molecule has 1 atom stereocenters. The van der Waals surface area contributed by atoms with Crippen LogP contribution in [-0.4, -0.2) is 26.8 Å². The number of nitrogens with one attached hydrogen (secondary N) is 1. The van der Waals surface area contributed by atoms with Gasteiger partial charge in [0.25, 0.3) is 0 Å². The molecule has 2 N–H and O–H groups in total. The second kappa shape index (κ2) is 5.87. The molecule has 2 aromatic heterocycles. The van der Waals surface area contributed by atoms with Crippen LogP contribution in [0.1, 0.15) is 32.6 Å². The topological polar surface area (TPSA) is 101 Å². The van der Waals surface area contributed by atoms with Crippen molar-refractivity contribution in [2.75, 3.05) is 0 Å². The number of carboxylic acid groups (broad SMARTS) is 1. The van der Waals surface area contributed by atoms with Crippen molar-refractivity contribution in [2.45, 2.75) is 38.8 Å². The Kier molecular flexibility index (Phi) is 4.19. The fraction of sp³-hybridized carbons (Fsp3) is 0.462. The van der Waals surface area contributed by atoms with Crippen LogP contribution in [0.4, 0.5) is 0 Å². The molecule has 0 aromatic carbocycles. The minimum Gasteiger partial charge on any atom is -0.480 e. The Morgan fingerprint density at radius 2 is 2.35 bits per heavy atom. The van der Waals surface area contributed by atoms with Gasteiger partial charge in [0.1, 0.15) is 5.54 Å². The Balaban J connectivity index is 2.02. The minimum atomic E-state index is -1.01. The van der Waals surface area contributed by atoms with Gasteiger partial charge in [-0.1, -0.05) is 18.5 Å². The first-order valence-corrected chi connectivity index (χ1v) is 6.40. The molecule has 0 saturated heterocycles. The molecule has 0 saturated carbocycles. The van der Waals surface area contributed by atoms with E-state index in [0.29, 0.717) is 23.9 Å². The molecule has 0 spiro atoms. The lowest BCUT2D eigenvalue weighted by atomic mass is 9.96. The van der Waals surface area contributed by atoms with Gasteiger partial charge in [-0.3, -0.25) is 10.1 Å². The van der Waals surface area contributed by atoms with E-state index in [2.05, 4.69) is 15.5 Å². The van der Waals surface area contributed by atoms with Gasteiger partial charge >= 0.3 is 5.97 Å². The van der Waals surface area contributed by atoms with Crippen molar-refractivity contribution in [1.82, 2.24) is 15.5 Å². The lowest BCUT2D eigenvalue weighted by Crippen LogP contribution is -2.48. The second-order valence-corrected chi connectivity index (χ2v) is 4.73. The molecule has 2 heterocycles. The van der Waals surface area contributed by atoms with Gasteiger partial charge in [0.2, 0.25) is 11.7 Å². The predicted octanol–water partition coefficient (Wildman–Crippen LogP) is 2.06. The summed E-state index contributed by atoms with van der Waals surface area (Å²) in [6.45, 7) is 3.77. The smallest absolute Gasteiger partial charge is 0.323 e. The van der Waals surface area contributed by atoms with Gasteiger partial charge in [-0.2, -0.15) is 4.98 Å². The van der Waals surface area contributed by atoms with Crippen molar-refractivity contribution in [3.8, 4) is 11.6 Å². The lowest BCUT2D eigenvalue weighted by Gasteiger charge is -2.24. The molecule has 0 amide bonds. The van der Waals surface area contributed by atoms with E-state index in [-0.39, 0.29) is 6.54 Å². The van der Waals surface area contributed by atoms with Gasteiger partial charge in [-0.05, 0) is 25.5 Å². The maximum atomic E-state index is 11.3. The highest BCUT2D eigenvalue weighted by Gasteiger charge is 2.32. The summed E-state index contributed by atoms with van der Waals surface area (Å²) in [5.74, 6) is 0.277. The number of furan rings is 1. The molecule has 7 heteroatoms. The fourth-order valence-corrected chi connectivity index (χ4v) is 1.87. The monoisotopic (exact) mass is 279 g/mol. The summed E-state index contributed by atoms with van der Waals surface area (Å²) in [5, 5.41) is 16.0. The van der Waals surface area contributed by atoms with Crippen molar-refractivity contribution in [1.29, 1.82) is 0 Å². The van der Waals surface area contributed by atoms with Crippen LogP contribution in [0.3, 0.4) is 0 Å². The summed E-state index contributed by atoms with van der Waals surface area (Å²) in [4.78, 5) is 15.4. The van der Waals surface area contributed by atoms with Crippen LogP contribution < -0.4 is 5.32 Å². The number of nitrogens with zero attached hydrogens (tertiary/aromatic N) is 2. The van der Waals surface area contributed by atoms with Gasteiger partial charge in [-0.15, -0.1) is 0 Å². The van der Waals surface area contributed by atoms with Crippen LogP contribution >= 0.6 is 0 Å². The molecular weight excluding hydrogens is 262 g/mol. The van der Waals surface area contributed by atoms with E-state index in [4.69, 9.17) is 8.94 Å². The zero-order valence-corrected chi connectivity index (χ0v) is 11.4. The normalized spacial score (nSPS) is 14.1. The Morgan fingerprint density at radius 1 is 1.55 bits per heavy atom. The number of aromatic nitrogens is 2. The largest absolute Gasteiger partial charge is 0.480 e. The molecule has 7 nitrogen and oxygen atoms in total. The molecule has 20 heavy (non-hydrogen) atoms. The van der Waals surface area contributed by atoms with Crippen LogP contribution in [0.5, 0.6) is 0 Å². The molecule has 2 aromatic rings. The standard InChI is InChI=1S/C13H17N3O4/c1-3-6-13(2,12(17)18)14-8-10-15-11(16-20-10)9-5-4-7-19-9/h4-5,7,14H,3,6,8H2,1-2H3,(H,17,18). The van der Waals surface area contributed by atoms with Gasteiger partial charge in [0.15, 0.2) is 5.76 Å². The quantitative estimate of drug-likeness (QED) is 0.799. The third-order valence-electron chi connectivity index (χ3n) is 3.06. The first-order chi connectivity index (χ1) is 9.55. The summed E-state index contributed by atoms with van der Waals surface area (Å²) in [6, 6.07) is 3.45. The first-order valence-electron chi connectivity index (χ1n) is 6.40. The third-order valence-corrected chi connectivity index (χ3v) is 3.06. The van der Waals surface area contributed by atoms with Crippen LogP contribution in [0.15, 0.2) is 27.3 Å². The Morgan fingerprint density at radius 3 is 2.95 bits per heavy atom. The van der Waals surface area contributed by atoms with Gasteiger partial charge in [0, 0.05) is 0 Å². The van der Waals surface area contributed by atoms with E-state index >= 15 is 0 Å². The Hall–Kier alpha value is -2.15. The Labute approximate surface area is 116 Å². The van der Waals surface area contributed by atoms with Crippen molar-refractivity contribution in [2.24, 2.45) is 0 Å². The summed E-state index contributed by atoms with van der Waals surface area (Å²) in [6.07, 6.45) is 2.80. The SMILES string of the molecule is CCCC(C)(NCc1nc(-c2ccco2)no1)C(=O)O. The van der Waals surface area contributed by atoms with Crippen LogP contribution in [-0.2, 0) is 11.3 Å². The van der Waals surface area contributed by atoms with Gasteiger partial charge in [0.05, 0.1) is 12.8 Å². The molecule has 0 bridgehead atoms. The average Bonchev–Trinajstić information content (AvgIpc) is 3.07. The first kappa shape index (κ1) is 14.3. The van der Waals surface area contributed by atoms with Gasteiger partial charge in [-0.25, -0.2) is 0 Å². The molecule has 0 fully saturated rings. The average molecular weight is 279 g/mol. The summed E-state index contributed by atoms with van der Waals surface area (Å²) >= 11 is 0. The number of carboxylic acids is 1. The molecule has 1 unspecified atom stereocenters. The van der Waals surface area contributed by atoms with Crippen molar-refractivity contribution in [3.63, 3.8) is 0 Å². The van der Waals surface area contributed by atoms with Crippen LogP contribution in [0.2, 0.25) is 0 Å². The van der Waals surface area contributed by atoms with E-state index in [1.165, 1.54) is 6.26 Å². The molecule has 0 aliphatic rings. The highest BCUT2D eigenvalue weighted by molar-refractivity contribution is 5.78. The summed E-state index contributed by atoms with van der Waals surface area (Å²) < 4.78 is 10.2. The third kappa shape index (κ3) is 3.05. The zero-order valence-electron chi connectivity index (χ0n) is 11.4. The lowest BCUT2D eigenvalue weighted by molar-refractivity contribution is -0.144. The van der Waals surface area contributed by atoms with E-state index in [1.54, 1.807) is 19.1 Å².